The lowest BCUT2D eigenvalue weighted by Gasteiger charge is -2.27. The van der Waals surface area contributed by atoms with Crippen LogP contribution in [0, 0.1) is 0 Å². The van der Waals surface area contributed by atoms with E-state index in [1.165, 1.54) is 0 Å². The van der Waals surface area contributed by atoms with E-state index in [-0.39, 0.29) is 12.2 Å². The van der Waals surface area contributed by atoms with Gasteiger partial charge in [-0.25, -0.2) is 8.42 Å². The van der Waals surface area contributed by atoms with Crippen LogP contribution in [0.4, 0.5) is 0 Å². The van der Waals surface area contributed by atoms with E-state index in [2.05, 4.69) is 0 Å². The Bertz CT molecular complexity index is 537. The van der Waals surface area contributed by atoms with E-state index in [0.717, 1.165) is 6.42 Å². The Hall–Kier alpha value is -0.290. The van der Waals surface area contributed by atoms with Crippen LogP contribution in [0.3, 0.4) is 0 Å². The monoisotopic (exact) mass is 322 g/mol. The molecule has 0 amide bonds. The van der Waals surface area contributed by atoms with E-state index in [1.54, 1.807) is 18.2 Å². The minimum atomic E-state index is -3.20. The molecule has 2 atom stereocenters. The summed E-state index contributed by atoms with van der Waals surface area (Å²) in [6.07, 6.45) is 1.23. The van der Waals surface area contributed by atoms with Crippen molar-refractivity contribution >= 4 is 33.0 Å². The summed E-state index contributed by atoms with van der Waals surface area (Å²) in [5, 5.41) is 10.4. The molecule has 0 spiro atoms. The minimum Gasteiger partial charge on any atom is -0.391 e. The van der Waals surface area contributed by atoms with Crippen LogP contribution in [0.15, 0.2) is 18.2 Å². The third-order valence-electron chi connectivity index (χ3n) is 3.53. The lowest BCUT2D eigenvalue weighted by atomic mass is 10.0. The molecule has 1 aromatic carbocycles. The van der Waals surface area contributed by atoms with Crippen molar-refractivity contribution in [2.75, 3.05) is 5.75 Å². The second-order valence-electron chi connectivity index (χ2n) is 4.87. The summed E-state index contributed by atoms with van der Waals surface area (Å²) in [6.45, 7) is 0. The van der Waals surface area contributed by atoms with Crippen molar-refractivity contribution in [1.82, 2.24) is 0 Å². The Morgan fingerprint density at radius 1 is 1.26 bits per heavy atom. The molecular formula is C13H16Cl2O3S. The molecule has 3 nitrogen and oxygen atoms in total. The molecule has 19 heavy (non-hydrogen) atoms. The molecule has 0 saturated carbocycles. The Labute approximate surface area is 123 Å². The van der Waals surface area contributed by atoms with Gasteiger partial charge in [0.15, 0.2) is 9.84 Å². The summed E-state index contributed by atoms with van der Waals surface area (Å²) < 4.78 is 23.9. The van der Waals surface area contributed by atoms with Crippen molar-refractivity contribution in [2.45, 2.75) is 37.0 Å². The predicted molar refractivity (Wildman–Crippen MR) is 77.6 cm³/mol. The van der Waals surface area contributed by atoms with Crippen LogP contribution in [0.1, 0.15) is 24.8 Å². The third kappa shape index (κ3) is 3.43. The molecule has 0 aromatic heterocycles. The number of halogens is 2. The number of aliphatic hydroxyl groups excluding tert-OH is 1. The van der Waals surface area contributed by atoms with E-state index < -0.39 is 21.2 Å². The quantitative estimate of drug-likeness (QED) is 0.930. The van der Waals surface area contributed by atoms with Gasteiger partial charge in [0.05, 0.1) is 17.1 Å². The Kier molecular flexibility index (Phi) is 4.77. The van der Waals surface area contributed by atoms with Crippen molar-refractivity contribution in [1.29, 1.82) is 0 Å². The van der Waals surface area contributed by atoms with Crippen LogP contribution in [0.2, 0.25) is 10.0 Å². The van der Waals surface area contributed by atoms with Gasteiger partial charge in [0.1, 0.15) is 0 Å². The van der Waals surface area contributed by atoms with E-state index in [0.29, 0.717) is 28.5 Å². The predicted octanol–water partition coefficient (Wildman–Crippen LogP) is 2.86. The van der Waals surface area contributed by atoms with Crippen LogP contribution in [-0.4, -0.2) is 30.6 Å². The van der Waals surface area contributed by atoms with Crippen molar-refractivity contribution in [3.63, 3.8) is 0 Å². The molecule has 0 bridgehead atoms. The van der Waals surface area contributed by atoms with E-state index in [4.69, 9.17) is 23.2 Å². The summed E-state index contributed by atoms with van der Waals surface area (Å²) in [4.78, 5) is 0. The number of rotatable bonds is 3. The summed E-state index contributed by atoms with van der Waals surface area (Å²) in [7, 11) is -3.20. The lowest BCUT2D eigenvalue weighted by molar-refractivity contribution is 0.162. The normalized spacial score (nSPS) is 24.1. The van der Waals surface area contributed by atoms with Crippen molar-refractivity contribution in [3.05, 3.63) is 33.8 Å². The van der Waals surface area contributed by atoms with Crippen LogP contribution in [0.25, 0.3) is 0 Å². The fourth-order valence-corrected chi connectivity index (χ4v) is 5.04. The maximum Gasteiger partial charge on any atom is 0.155 e. The van der Waals surface area contributed by atoms with E-state index in [1.807, 2.05) is 0 Å². The maximum atomic E-state index is 12.0. The standard InChI is InChI=1S/C13H16Cl2O3S/c14-10-4-3-5-11(15)9(10)8-12(16)13-6-1-2-7-19(13,17)18/h3-5,12-13,16H,1-2,6-8H2. The molecule has 1 aliphatic heterocycles. The lowest BCUT2D eigenvalue weighted by Crippen LogP contribution is -2.39. The highest BCUT2D eigenvalue weighted by Gasteiger charge is 2.35. The Morgan fingerprint density at radius 2 is 1.89 bits per heavy atom. The van der Waals surface area contributed by atoms with E-state index >= 15 is 0 Å². The second-order valence-corrected chi connectivity index (χ2v) is 8.03. The Balaban J connectivity index is 2.19. The second kappa shape index (κ2) is 6.00. The number of hydrogen-bond donors (Lipinski definition) is 1. The van der Waals surface area contributed by atoms with Gasteiger partial charge in [-0.15, -0.1) is 0 Å². The van der Waals surface area contributed by atoms with Gasteiger partial charge in [0, 0.05) is 16.5 Å². The molecule has 2 unspecified atom stereocenters. The average Bonchev–Trinajstić information content (AvgIpc) is 2.33. The largest absolute Gasteiger partial charge is 0.391 e. The van der Waals surface area contributed by atoms with Crippen LogP contribution in [-0.2, 0) is 16.3 Å². The molecule has 1 N–H and O–H groups in total. The third-order valence-corrected chi connectivity index (χ3v) is 6.57. The van der Waals surface area contributed by atoms with Gasteiger partial charge < -0.3 is 5.11 Å². The minimum absolute atomic E-state index is 0.158. The zero-order chi connectivity index (χ0) is 14.0. The van der Waals surface area contributed by atoms with Crippen molar-refractivity contribution in [2.24, 2.45) is 0 Å². The smallest absolute Gasteiger partial charge is 0.155 e. The number of aliphatic hydroxyl groups is 1. The topological polar surface area (TPSA) is 54.4 Å². The van der Waals surface area contributed by atoms with Crippen molar-refractivity contribution < 1.29 is 13.5 Å². The molecule has 2 rings (SSSR count). The molecule has 1 aliphatic rings. The van der Waals surface area contributed by atoms with Gasteiger partial charge >= 0.3 is 0 Å². The molecular weight excluding hydrogens is 307 g/mol. The maximum absolute atomic E-state index is 12.0. The van der Waals surface area contributed by atoms with Crippen molar-refractivity contribution in [3.8, 4) is 0 Å². The molecule has 106 valence electrons. The first-order chi connectivity index (χ1) is 8.92. The summed E-state index contributed by atoms with van der Waals surface area (Å²) >= 11 is 12.1. The molecule has 0 aliphatic carbocycles. The highest BCUT2D eigenvalue weighted by molar-refractivity contribution is 7.92. The zero-order valence-electron chi connectivity index (χ0n) is 10.4. The molecule has 1 aromatic rings. The molecule has 0 radical (unpaired) electrons. The number of hydrogen-bond acceptors (Lipinski definition) is 3. The first-order valence-corrected chi connectivity index (χ1v) is 8.71. The van der Waals surface area contributed by atoms with Gasteiger partial charge in [0.25, 0.3) is 0 Å². The molecule has 1 fully saturated rings. The van der Waals surface area contributed by atoms with Gasteiger partial charge in [-0.05, 0) is 30.5 Å². The van der Waals surface area contributed by atoms with Crippen LogP contribution >= 0.6 is 23.2 Å². The SMILES string of the molecule is O=S1(=O)CCCCC1C(O)Cc1c(Cl)cccc1Cl. The van der Waals surface area contributed by atoms with Gasteiger partial charge in [-0.3, -0.25) is 0 Å². The van der Waals surface area contributed by atoms with E-state index in [9.17, 15) is 13.5 Å². The summed E-state index contributed by atoms with van der Waals surface area (Å²) in [5.41, 5.74) is 0.610. The Morgan fingerprint density at radius 3 is 2.47 bits per heavy atom. The van der Waals surface area contributed by atoms with Gasteiger partial charge in [-0.2, -0.15) is 0 Å². The van der Waals surface area contributed by atoms with Crippen LogP contribution < -0.4 is 0 Å². The molecule has 6 heteroatoms. The summed E-state index contributed by atoms with van der Waals surface area (Å²) in [6, 6.07) is 5.09. The zero-order valence-corrected chi connectivity index (χ0v) is 12.7. The fourth-order valence-electron chi connectivity index (χ4n) is 2.48. The highest BCUT2D eigenvalue weighted by atomic mass is 35.5. The van der Waals surface area contributed by atoms with Crippen LogP contribution in [0.5, 0.6) is 0 Å². The molecule has 1 saturated heterocycles. The number of benzene rings is 1. The van der Waals surface area contributed by atoms with Gasteiger partial charge in [0.2, 0.25) is 0 Å². The first-order valence-electron chi connectivity index (χ1n) is 6.24. The average molecular weight is 323 g/mol. The molecule has 1 heterocycles. The number of sulfone groups is 1. The first kappa shape index (κ1) is 15.1. The fraction of sp³-hybridized carbons (Fsp3) is 0.538. The summed E-state index contributed by atoms with van der Waals surface area (Å²) in [5.74, 6) is 0.158. The van der Waals surface area contributed by atoms with Gasteiger partial charge in [-0.1, -0.05) is 35.7 Å². The highest BCUT2D eigenvalue weighted by Crippen LogP contribution is 2.29.